The van der Waals surface area contributed by atoms with Crippen LogP contribution in [0.2, 0.25) is 0 Å². The second-order valence-electron chi connectivity index (χ2n) is 1.88. The van der Waals surface area contributed by atoms with Gasteiger partial charge >= 0.3 is 0 Å². The number of rotatable bonds is 2. The number of thiol groups is 1. The van der Waals surface area contributed by atoms with Crippen LogP contribution in [0.4, 0.5) is 0 Å². The first-order valence-electron chi connectivity index (χ1n) is 2.96. The van der Waals surface area contributed by atoms with Crippen molar-refractivity contribution < 1.29 is 0 Å². The van der Waals surface area contributed by atoms with Gasteiger partial charge in [-0.1, -0.05) is 6.92 Å². The normalized spacial score (nSPS) is 15.0. The number of hydrogen-bond donors (Lipinski definition) is 2. The molecule has 0 aromatic heterocycles. The molecule has 0 rings (SSSR count). The lowest BCUT2D eigenvalue weighted by Crippen LogP contribution is -1.92. The molecule has 4 heteroatoms. The van der Waals surface area contributed by atoms with Crippen LogP contribution in [-0.2, 0) is 0 Å². The van der Waals surface area contributed by atoms with E-state index in [0.717, 1.165) is 15.8 Å². The Morgan fingerprint density at radius 3 is 2.50 bits per heavy atom. The zero-order valence-electron chi connectivity index (χ0n) is 6.06. The zero-order valence-corrected chi connectivity index (χ0v) is 9.11. The maximum atomic E-state index is 5.37. The first-order chi connectivity index (χ1) is 4.57. The number of nitrogens with zero attached hydrogens (tertiary/aromatic N) is 1. The van der Waals surface area contributed by atoms with Gasteiger partial charge in [-0.05, 0) is 35.9 Å². The highest BCUT2D eigenvalue weighted by molar-refractivity contribution is 14.1. The molecule has 0 bridgehead atoms. The largest absolute Gasteiger partial charge is 0.392 e. The average molecular weight is 270 g/mol. The van der Waals surface area contributed by atoms with E-state index in [1.54, 1.807) is 0 Å². The minimum absolute atomic E-state index is 0.480. The van der Waals surface area contributed by atoms with Gasteiger partial charge in [-0.3, -0.25) is 0 Å². The summed E-state index contributed by atoms with van der Waals surface area (Å²) in [6.45, 7) is 4.02. The molecule has 2 N–H and O–H groups in total. The van der Waals surface area contributed by atoms with Crippen LogP contribution in [0.15, 0.2) is 13.7 Å². The number of halogens is 1. The van der Waals surface area contributed by atoms with Gasteiger partial charge in [0.05, 0.1) is 5.03 Å². The Morgan fingerprint density at radius 1 is 1.70 bits per heavy atom. The predicted octanol–water partition coefficient (Wildman–Crippen LogP) is 2.31. The van der Waals surface area contributed by atoms with Crippen LogP contribution >= 0.6 is 35.2 Å². The summed E-state index contributed by atoms with van der Waals surface area (Å²) in [6.07, 6.45) is 0.952. The first kappa shape index (κ1) is 10.3. The highest BCUT2D eigenvalue weighted by atomic mass is 127. The molecule has 0 radical (unpaired) electrons. The summed E-state index contributed by atoms with van der Waals surface area (Å²) in [5.41, 5.74) is 6.44. The van der Waals surface area contributed by atoms with Crippen LogP contribution < -0.4 is 5.73 Å². The molecule has 0 atom stereocenters. The molecule has 0 aliphatic rings. The van der Waals surface area contributed by atoms with Gasteiger partial charge in [0.2, 0.25) is 0 Å². The standard InChI is InChI=1S/C6H11IN2S/c1-3-4(2)9-5(7)6(8)10/h10H,3,8H2,1-2H3/b6-5+,9-4?. The maximum absolute atomic E-state index is 5.37. The van der Waals surface area contributed by atoms with E-state index in [0.29, 0.717) is 5.03 Å². The highest BCUT2D eigenvalue weighted by Gasteiger charge is 1.92. The van der Waals surface area contributed by atoms with Crippen molar-refractivity contribution in [2.75, 3.05) is 0 Å². The summed E-state index contributed by atoms with van der Waals surface area (Å²) < 4.78 is 0.764. The maximum Gasteiger partial charge on any atom is 0.130 e. The molecular weight excluding hydrogens is 259 g/mol. The van der Waals surface area contributed by atoms with E-state index in [-0.39, 0.29) is 0 Å². The molecule has 0 aromatic rings. The molecule has 0 saturated heterocycles. The van der Waals surface area contributed by atoms with E-state index in [1.165, 1.54) is 0 Å². The third-order valence-corrected chi connectivity index (χ3v) is 2.47. The predicted molar refractivity (Wildman–Crippen MR) is 57.6 cm³/mol. The van der Waals surface area contributed by atoms with Crippen LogP contribution in [0.5, 0.6) is 0 Å². The Kier molecular flexibility index (Phi) is 5.15. The second-order valence-corrected chi connectivity index (χ2v) is 3.38. The van der Waals surface area contributed by atoms with Gasteiger partial charge in [0.25, 0.3) is 0 Å². The van der Waals surface area contributed by atoms with Crippen molar-refractivity contribution in [1.29, 1.82) is 0 Å². The fraction of sp³-hybridized carbons (Fsp3) is 0.500. The molecule has 0 fully saturated rings. The van der Waals surface area contributed by atoms with E-state index >= 15 is 0 Å². The van der Waals surface area contributed by atoms with Gasteiger partial charge in [0.1, 0.15) is 3.70 Å². The van der Waals surface area contributed by atoms with E-state index < -0.39 is 0 Å². The minimum Gasteiger partial charge on any atom is -0.392 e. The van der Waals surface area contributed by atoms with Crippen LogP contribution in [0.3, 0.4) is 0 Å². The van der Waals surface area contributed by atoms with Crippen LogP contribution in [0.1, 0.15) is 20.3 Å². The summed E-state index contributed by atoms with van der Waals surface area (Å²) in [4.78, 5) is 4.18. The molecule has 0 amide bonds. The fourth-order valence-corrected chi connectivity index (χ4v) is 0.766. The third-order valence-electron chi connectivity index (χ3n) is 1.01. The van der Waals surface area contributed by atoms with Gasteiger partial charge in [0.15, 0.2) is 0 Å². The molecule has 10 heavy (non-hydrogen) atoms. The van der Waals surface area contributed by atoms with Crippen molar-refractivity contribution >= 4 is 40.9 Å². The highest BCUT2D eigenvalue weighted by Crippen LogP contribution is 2.13. The van der Waals surface area contributed by atoms with Crippen molar-refractivity contribution in [1.82, 2.24) is 0 Å². The monoisotopic (exact) mass is 270 g/mol. The average Bonchev–Trinajstić information content (AvgIpc) is 1.87. The molecule has 0 aliphatic heterocycles. The van der Waals surface area contributed by atoms with Gasteiger partial charge < -0.3 is 5.73 Å². The van der Waals surface area contributed by atoms with Crippen LogP contribution in [0, 0.1) is 0 Å². The zero-order chi connectivity index (χ0) is 8.15. The number of nitrogens with two attached hydrogens (primary N) is 1. The Morgan fingerprint density at radius 2 is 2.20 bits per heavy atom. The van der Waals surface area contributed by atoms with E-state index in [4.69, 9.17) is 5.73 Å². The Balaban J connectivity index is 4.27. The van der Waals surface area contributed by atoms with Gasteiger partial charge in [0, 0.05) is 5.71 Å². The second kappa shape index (κ2) is 5.01. The molecule has 2 nitrogen and oxygen atoms in total. The smallest absolute Gasteiger partial charge is 0.130 e. The van der Waals surface area contributed by atoms with E-state index in [9.17, 15) is 0 Å². The van der Waals surface area contributed by atoms with Crippen molar-refractivity contribution in [3.63, 3.8) is 0 Å². The summed E-state index contributed by atoms with van der Waals surface area (Å²) >= 11 is 6.01. The van der Waals surface area contributed by atoms with Crippen molar-refractivity contribution in [3.8, 4) is 0 Å². The quantitative estimate of drug-likeness (QED) is 0.343. The molecule has 0 spiro atoms. The van der Waals surface area contributed by atoms with Crippen molar-refractivity contribution in [2.24, 2.45) is 10.7 Å². The molecule has 0 aliphatic carbocycles. The van der Waals surface area contributed by atoms with E-state index in [1.807, 2.05) is 6.92 Å². The molecule has 0 unspecified atom stereocenters. The summed E-state index contributed by atoms with van der Waals surface area (Å²) in [7, 11) is 0. The van der Waals surface area contributed by atoms with Gasteiger partial charge in [-0.15, -0.1) is 12.6 Å². The lowest BCUT2D eigenvalue weighted by Gasteiger charge is -1.95. The summed E-state index contributed by atoms with van der Waals surface area (Å²) in [6, 6.07) is 0. The summed E-state index contributed by atoms with van der Waals surface area (Å²) in [5.74, 6) is 0. The van der Waals surface area contributed by atoms with Crippen LogP contribution in [-0.4, -0.2) is 5.71 Å². The van der Waals surface area contributed by atoms with Crippen LogP contribution in [0.25, 0.3) is 0 Å². The van der Waals surface area contributed by atoms with E-state index in [2.05, 4.69) is 47.1 Å². The molecule has 58 valence electrons. The summed E-state index contributed by atoms with van der Waals surface area (Å²) in [5, 5.41) is 0.480. The lowest BCUT2D eigenvalue weighted by atomic mass is 10.3. The molecular formula is C6H11IN2S. The van der Waals surface area contributed by atoms with Crippen molar-refractivity contribution in [2.45, 2.75) is 20.3 Å². The SMILES string of the molecule is CCC(C)=N/C(I)=C(\N)S. The Bertz CT molecular complexity index is 171. The van der Waals surface area contributed by atoms with Gasteiger partial charge in [-0.2, -0.15) is 0 Å². The number of hydrogen-bond acceptors (Lipinski definition) is 3. The topological polar surface area (TPSA) is 38.4 Å². The van der Waals surface area contributed by atoms with Gasteiger partial charge in [-0.25, -0.2) is 4.99 Å². The Labute approximate surface area is 80.5 Å². The molecule has 0 aromatic carbocycles. The minimum atomic E-state index is 0.480. The lowest BCUT2D eigenvalue weighted by molar-refractivity contribution is 1.24. The van der Waals surface area contributed by atoms with Crippen molar-refractivity contribution in [3.05, 3.63) is 8.73 Å². The molecule has 0 heterocycles. The molecule has 0 saturated carbocycles. The third kappa shape index (κ3) is 4.16. The first-order valence-corrected chi connectivity index (χ1v) is 4.49. The fourth-order valence-electron chi connectivity index (χ4n) is 0.304. The Hall–Kier alpha value is 0.290. The number of aliphatic imine (C=N–C) groups is 1.